The quantitative estimate of drug-likeness (QED) is 0.431. The highest BCUT2D eigenvalue weighted by atomic mass is 16.6. The summed E-state index contributed by atoms with van der Waals surface area (Å²) in [5.74, 6) is 0.658. The van der Waals surface area contributed by atoms with Crippen LogP contribution in [0.25, 0.3) is 16.8 Å². The van der Waals surface area contributed by atoms with Crippen LogP contribution in [0.4, 0.5) is 11.4 Å². The predicted molar refractivity (Wildman–Crippen MR) is 111 cm³/mol. The van der Waals surface area contributed by atoms with Crippen molar-refractivity contribution in [3.8, 4) is 5.75 Å². The van der Waals surface area contributed by atoms with Gasteiger partial charge in [0.15, 0.2) is 0 Å². The van der Waals surface area contributed by atoms with Crippen LogP contribution in [0, 0.1) is 10.1 Å². The zero-order valence-electron chi connectivity index (χ0n) is 16.0. The molecule has 3 aromatic carbocycles. The van der Waals surface area contributed by atoms with Crippen molar-refractivity contribution in [3.05, 3.63) is 81.9 Å². The van der Waals surface area contributed by atoms with E-state index in [1.54, 1.807) is 12.1 Å². The normalized spacial score (nSPS) is 21.5. The summed E-state index contributed by atoms with van der Waals surface area (Å²) in [5, 5.41) is 13.5. The summed E-state index contributed by atoms with van der Waals surface area (Å²) < 4.78 is 6.59. The average molecular weight is 372 g/mol. The Labute approximate surface area is 163 Å². The number of nitro benzene ring substituents is 1. The van der Waals surface area contributed by atoms with E-state index in [1.165, 1.54) is 22.4 Å². The van der Waals surface area contributed by atoms with Crippen molar-refractivity contribution in [2.75, 3.05) is 11.9 Å². The fourth-order valence-corrected chi connectivity index (χ4v) is 4.69. The molecule has 2 heterocycles. The highest BCUT2D eigenvalue weighted by Crippen LogP contribution is 2.56. The number of likely N-dealkylation sites (N-methyl/N-ethyl adjacent to an activating group) is 1. The molecule has 5 rings (SSSR count). The van der Waals surface area contributed by atoms with Crippen LogP contribution in [0.15, 0.2) is 60.7 Å². The second-order valence-electron chi connectivity index (χ2n) is 7.98. The summed E-state index contributed by atoms with van der Waals surface area (Å²) in [4.78, 5) is 12.9. The highest BCUT2D eigenvalue weighted by molar-refractivity contribution is 5.98. The fourth-order valence-electron chi connectivity index (χ4n) is 4.69. The van der Waals surface area contributed by atoms with Crippen molar-refractivity contribution < 1.29 is 9.66 Å². The summed E-state index contributed by atoms with van der Waals surface area (Å²) >= 11 is 0. The predicted octanol–water partition coefficient (Wildman–Crippen LogP) is 5.28. The zero-order valence-corrected chi connectivity index (χ0v) is 16.0. The van der Waals surface area contributed by atoms with Crippen LogP contribution in [0.3, 0.4) is 0 Å². The van der Waals surface area contributed by atoms with Crippen molar-refractivity contribution >= 4 is 28.2 Å². The second kappa shape index (κ2) is 5.35. The van der Waals surface area contributed by atoms with Gasteiger partial charge in [0.25, 0.3) is 5.69 Å². The number of non-ortho nitro benzene ring substituents is 1. The Balaban J connectivity index is 1.70. The largest absolute Gasteiger partial charge is 0.463 e. The van der Waals surface area contributed by atoms with Gasteiger partial charge in [-0.3, -0.25) is 10.1 Å². The number of ether oxygens (including phenoxy) is 1. The first-order valence-corrected chi connectivity index (χ1v) is 9.28. The lowest BCUT2D eigenvalue weighted by Gasteiger charge is -2.45. The van der Waals surface area contributed by atoms with Crippen LogP contribution in [-0.4, -0.2) is 17.7 Å². The van der Waals surface area contributed by atoms with Crippen LogP contribution < -0.4 is 9.64 Å². The third-order valence-electron chi connectivity index (χ3n) is 6.26. The second-order valence-corrected chi connectivity index (χ2v) is 7.98. The molecule has 0 bridgehead atoms. The number of nitro groups is 1. The first-order chi connectivity index (χ1) is 13.3. The third-order valence-corrected chi connectivity index (χ3v) is 6.26. The van der Waals surface area contributed by atoms with Crippen molar-refractivity contribution in [1.82, 2.24) is 0 Å². The fraction of sp³-hybridized carbons (Fsp3) is 0.217. The number of nitrogens with zero attached hydrogens (tertiary/aromatic N) is 2. The Morgan fingerprint density at radius 3 is 2.64 bits per heavy atom. The summed E-state index contributed by atoms with van der Waals surface area (Å²) in [6.45, 7) is 4.37. The molecule has 0 aromatic heterocycles. The topological polar surface area (TPSA) is 55.6 Å². The molecule has 2 aliphatic heterocycles. The number of fused-ring (bicyclic) bond motifs is 4. The molecule has 1 spiro atoms. The number of hydrogen-bond acceptors (Lipinski definition) is 4. The van der Waals surface area contributed by atoms with Crippen LogP contribution in [-0.2, 0) is 5.41 Å². The number of benzene rings is 3. The van der Waals surface area contributed by atoms with Crippen LogP contribution in [0.1, 0.15) is 25.0 Å². The zero-order chi connectivity index (χ0) is 19.7. The Morgan fingerprint density at radius 2 is 1.86 bits per heavy atom. The number of hydrogen-bond donors (Lipinski definition) is 0. The van der Waals surface area contributed by atoms with Crippen molar-refractivity contribution in [2.45, 2.75) is 25.0 Å². The lowest BCUT2D eigenvalue weighted by atomic mass is 9.76. The lowest BCUT2D eigenvalue weighted by molar-refractivity contribution is -0.384. The van der Waals surface area contributed by atoms with Gasteiger partial charge in [0, 0.05) is 30.1 Å². The molecule has 0 radical (unpaired) electrons. The van der Waals surface area contributed by atoms with Crippen molar-refractivity contribution in [1.29, 1.82) is 0 Å². The molecule has 5 nitrogen and oxygen atoms in total. The van der Waals surface area contributed by atoms with Crippen molar-refractivity contribution in [2.24, 2.45) is 0 Å². The van der Waals surface area contributed by atoms with Crippen LogP contribution in [0.5, 0.6) is 5.75 Å². The van der Waals surface area contributed by atoms with Gasteiger partial charge in [0.05, 0.1) is 16.0 Å². The molecule has 0 amide bonds. The molecule has 5 heteroatoms. The van der Waals surface area contributed by atoms with Crippen molar-refractivity contribution in [3.63, 3.8) is 0 Å². The summed E-state index contributed by atoms with van der Waals surface area (Å²) in [7, 11) is 2.06. The van der Waals surface area contributed by atoms with Gasteiger partial charge in [-0.1, -0.05) is 36.4 Å². The molecule has 0 saturated heterocycles. The molecule has 2 aliphatic rings. The highest BCUT2D eigenvalue weighted by Gasteiger charge is 2.58. The molecule has 1 atom stereocenters. The minimum absolute atomic E-state index is 0.0660. The molecular formula is C23H20N2O3. The molecule has 0 fully saturated rings. The Kier molecular flexibility index (Phi) is 3.21. The number of anilines is 1. The maximum absolute atomic E-state index is 11.1. The van der Waals surface area contributed by atoms with E-state index in [-0.39, 0.29) is 16.0 Å². The van der Waals surface area contributed by atoms with E-state index in [0.29, 0.717) is 5.75 Å². The molecule has 0 aliphatic carbocycles. The van der Waals surface area contributed by atoms with E-state index in [4.69, 9.17) is 4.74 Å². The van der Waals surface area contributed by atoms with Gasteiger partial charge in [-0.05, 0) is 43.0 Å². The molecule has 140 valence electrons. The monoisotopic (exact) mass is 372 g/mol. The third kappa shape index (κ3) is 1.96. The van der Waals surface area contributed by atoms with E-state index in [9.17, 15) is 10.1 Å². The van der Waals surface area contributed by atoms with Gasteiger partial charge in [-0.15, -0.1) is 0 Å². The van der Waals surface area contributed by atoms with E-state index < -0.39 is 5.72 Å². The van der Waals surface area contributed by atoms with E-state index in [1.807, 2.05) is 18.2 Å². The Bertz CT molecular complexity index is 1180. The van der Waals surface area contributed by atoms with Gasteiger partial charge in [-0.2, -0.15) is 0 Å². The molecule has 0 unspecified atom stereocenters. The van der Waals surface area contributed by atoms with Gasteiger partial charge in [-0.25, -0.2) is 0 Å². The van der Waals surface area contributed by atoms with E-state index >= 15 is 0 Å². The van der Waals surface area contributed by atoms with Crippen LogP contribution >= 0.6 is 0 Å². The van der Waals surface area contributed by atoms with Gasteiger partial charge >= 0.3 is 0 Å². The summed E-state index contributed by atoms with van der Waals surface area (Å²) in [6.07, 6.45) is 3.98. The average Bonchev–Trinajstić information content (AvgIpc) is 2.86. The lowest BCUT2D eigenvalue weighted by Crippen LogP contribution is -2.58. The maximum Gasteiger partial charge on any atom is 0.270 e. The number of rotatable bonds is 1. The van der Waals surface area contributed by atoms with Gasteiger partial charge in [0.2, 0.25) is 5.72 Å². The first-order valence-electron chi connectivity index (χ1n) is 9.28. The first kappa shape index (κ1) is 16.8. The molecule has 0 saturated carbocycles. The Hall–Kier alpha value is -3.34. The summed E-state index contributed by atoms with van der Waals surface area (Å²) in [5.41, 5.74) is 2.16. The SMILES string of the molecule is CN1c2c(ccc3ccccc23)C(C)(C)[C@]12C=Cc1cc([N+](=O)[O-])ccc1O2. The molecule has 3 aromatic rings. The minimum atomic E-state index is -0.706. The maximum atomic E-state index is 11.1. The van der Waals surface area contributed by atoms with E-state index in [0.717, 1.165) is 11.3 Å². The summed E-state index contributed by atoms with van der Waals surface area (Å²) in [6, 6.07) is 17.5. The Morgan fingerprint density at radius 1 is 1.07 bits per heavy atom. The van der Waals surface area contributed by atoms with E-state index in [2.05, 4.69) is 56.1 Å². The standard InChI is InChI=1S/C23H20N2O3/c1-22(2)19-10-8-15-6-4-5-7-18(15)21(19)24(3)23(22)13-12-16-14-17(25(26)27)9-11-20(16)28-23/h4-14H,1-3H3/t23-/m1/s1. The van der Waals surface area contributed by atoms with Gasteiger partial charge in [0.1, 0.15) is 5.75 Å². The molecule has 0 N–H and O–H groups in total. The smallest absolute Gasteiger partial charge is 0.270 e. The molecular weight excluding hydrogens is 352 g/mol. The van der Waals surface area contributed by atoms with Crippen LogP contribution in [0.2, 0.25) is 0 Å². The molecule has 28 heavy (non-hydrogen) atoms. The van der Waals surface area contributed by atoms with Gasteiger partial charge < -0.3 is 9.64 Å². The minimum Gasteiger partial charge on any atom is -0.463 e.